The Kier molecular flexibility index (Phi) is 3.19. The highest BCUT2D eigenvalue weighted by Gasteiger charge is 2.61. The van der Waals surface area contributed by atoms with Gasteiger partial charge in [0.2, 0.25) is 0 Å². The first kappa shape index (κ1) is 12.8. The molecule has 0 N–H and O–H groups in total. The lowest BCUT2D eigenvalue weighted by atomic mass is 9.86. The molecule has 19 heavy (non-hydrogen) atoms. The summed E-state index contributed by atoms with van der Waals surface area (Å²) in [5.74, 6) is 0.227. The van der Waals surface area contributed by atoms with Crippen LogP contribution in [0.5, 0.6) is 0 Å². The molecule has 0 amide bonds. The molecule has 5 atom stereocenters. The molecule has 0 spiro atoms. The second-order valence-electron chi connectivity index (χ2n) is 5.57. The van der Waals surface area contributed by atoms with Crippen LogP contribution in [-0.4, -0.2) is 43.3 Å². The second-order valence-corrected chi connectivity index (χ2v) is 5.57. The van der Waals surface area contributed by atoms with Crippen LogP contribution < -0.4 is 0 Å². The lowest BCUT2D eigenvalue weighted by Gasteiger charge is -2.24. The number of esters is 1. The summed E-state index contributed by atoms with van der Waals surface area (Å²) in [7, 11) is 0. The number of ketones is 1. The average molecular weight is 266 g/mol. The molecule has 2 aliphatic heterocycles. The highest BCUT2D eigenvalue weighted by atomic mass is 16.6. The Morgan fingerprint density at radius 2 is 2.26 bits per heavy atom. The minimum atomic E-state index is -0.399. The first-order valence-electron chi connectivity index (χ1n) is 6.70. The summed E-state index contributed by atoms with van der Waals surface area (Å²) in [5, 5.41) is 0. The number of Topliss-reactive ketones (excluding diaryl/α,β-unsaturated/α-hetero) is 1. The van der Waals surface area contributed by atoms with E-state index in [2.05, 4.69) is 6.58 Å². The van der Waals surface area contributed by atoms with Crippen LogP contribution in [0, 0.1) is 11.8 Å². The fraction of sp³-hybridized carbons (Fsp3) is 0.714. The number of carbonyl (C=O) groups excluding carboxylic acids is 2. The van der Waals surface area contributed by atoms with Crippen molar-refractivity contribution in [2.75, 3.05) is 13.2 Å². The van der Waals surface area contributed by atoms with E-state index in [-0.39, 0.29) is 36.8 Å². The third-order valence-electron chi connectivity index (χ3n) is 4.25. The molecule has 2 saturated heterocycles. The van der Waals surface area contributed by atoms with Gasteiger partial charge in [-0.3, -0.25) is 4.79 Å². The van der Waals surface area contributed by atoms with Gasteiger partial charge in [0.15, 0.2) is 0 Å². The zero-order valence-electron chi connectivity index (χ0n) is 11.0. The number of hydrogen-bond acceptors (Lipinski definition) is 5. The van der Waals surface area contributed by atoms with Gasteiger partial charge in [-0.15, -0.1) is 0 Å². The van der Waals surface area contributed by atoms with Crippen LogP contribution in [0.4, 0.5) is 0 Å². The van der Waals surface area contributed by atoms with E-state index < -0.39 is 5.97 Å². The Morgan fingerprint density at radius 1 is 1.47 bits per heavy atom. The highest BCUT2D eigenvalue weighted by molar-refractivity contribution is 5.87. The van der Waals surface area contributed by atoms with Crippen molar-refractivity contribution >= 4 is 11.8 Å². The molecule has 3 aliphatic rings. The van der Waals surface area contributed by atoms with E-state index in [0.717, 1.165) is 6.42 Å². The molecule has 0 radical (unpaired) electrons. The number of carbonyl (C=O) groups is 2. The molecule has 3 fully saturated rings. The number of rotatable bonds is 5. The van der Waals surface area contributed by atoms with Crippen molar-refractivity contribution < 1.29 is 23.8 Å². The summed E-state index contributed by atoms with van der Waals surface area (Å²) < 4.78 is 16.5. The summed E-state index contributed by atoms with van der Waals surface area (Å²) in [4.78, 5) is 22.9. The summed E-state index contributed by atoms with van der Waals surface area (Å²) in [6, 6.07) is 0. The van der Waals surface area contributed by atoms with Crippen molar-refractivity contribution in [1.82, 2.24) is 0 Å². The minimum Gasteiger partial charge on any atom is -0.460 e. The van der Waals surface area contributed by atoms with E-state index in [1.54, 1.807) is 6.92 Å². The summed E-state index contributed by atoms with van der Waals surface area (Å²) in [6.07, 6.45) is 1.46. The van der Waals surface area contributed by atoms with Crippen LogP contribution in [0.25, 0.3) is 0 Å². The van der Waals surface area contributed by atoms with Gasteiger partial charge >= 0.3 is 5.97 Å². The van der Waals surface area contributed by atoms with E-state index >= 15 is 0 Å². The van der Waals surface area contributed by atoms with E-state index in [1.165, 1.54) is 0 Å². The third-order valence-corrected chi connectivity index (χ3v) is 4.25. The van der Waals surface area contributed by atoms with Crippen LogP contribution >= 0.6 is 0 Å². The topological polar surface area (TPSA) is 61.8 Å². The zero-order valence-corrected chi connectivity index (χ0v) is 11.0. The van der Waals surface area contributed by atoms with Crippen molar-refractivity contribution in [3.8, 4) is 0 Å². The zero-order chi connectivity index (χ0) is 13.6. The normalized spacial score (nSPS) is 38.8. The molecule has 0 aromatic carbocycles. The van der Waals surface area contributed by atoms with Crippen molar-refractivity contribution in [3.63, 3.8) is 0 Å². The minimum absolute atomic E-state index is 0.0174. The van der Waals surface area contributed by atoms with Crippen LogP contribution in [0.1, 0.15) is 19.8 Å². The van der Waals surface area contributed by atoms with Crippen molar-refractivity contribution in [2.24, 2.45) is 11.8 Å². The maximum Gasteiger partial charge on any atom is 0.333 e. The van der Waals surface area contributed by atoms with E-state index in [0.29, 0.717) is 24.4 Å². The molecule has 2 bridgehead atoms. The summed E-state index contributed by atoms with van der Waals surface area (Å²) in [5.41, 5.74) is 0.382. The van der Waals surface area contributed by atoms with Crippen molar-refractivity contribution in [3.05, 3.63) is 12.2 Å². The fourth-order valence-electron chi connectivity index (χ4n) is 3.41. The molecular weight excluding hydrogens is 248 g/mol. The lowest BCUT2D eigenvalue weighted by molar-refractivity contribution is -0.141. The lowest BCUT2D eigenvalue weighted by Crippen LogP contribution is -2.35. The van der Waals surface area contributed by atoms with E-state index in [4.69, 9.17) is 14.2 Å². The van der Waals surface area contributed by atoms with Crippen LogP contribution in [0.2, 0.25) is 0 Å². The van der Waals surface area contributed by atoms with E-state index in [1.807, 2.05) is 0 Å². The quantitative estimate of drug-likeness (QED) is 0.420. The molecule has 3 rings (SSSR count). The Morgan fingerprint density at radius 3 is 3.00 bits per heavy atom. The Hall–Kier alpha value is -1.20. The first-order chi connectivity index (χ1) is 9.08. The van der Waals surface area contributed by atoms with Gasteiger partial charge in [-0.25, -0.2) is 4.79 Å². The molecule has 1 aliphatic carbocycles. The van der Waals surface area contributed by atoms with Gasteiger partial charge < -0.3 is 14.2 Å². The van der Waals surface area contributed by atoms with Gasteiger partial charge in [-0.2, -0.15) is 0 Å². The second kappa shape index (κ2) is 4.72. The van der Waals surface area contributed by atoms with Crippen LogP contribution in [-0.2, 0) is 23.8 Å². The van der Waals surface area contributed by atoms with Gasteiger partial charge in [0.1, 0.15) is 12.4 Å². The van der Waals surface area contributed by atoms with Gasteiger partial charge in [0.05, 0.1) is 24.9 Å². The first-order valence-corrected chi connectivity index (χ1v) is 6.70. The monoisotopic (exact) mass is 266 g/mol. The highest BCUT2D eigenvalue weighted by Crippen LogP contribution is 2.51. The number of fused-ring (bicyclic) bond motifs is 1. The molecule has 104 valence electrons. The Bertz CT molecular complexity index is 430. The molecule has 1 saturated carbocycles. The number of hydrogen-bond donors (Lipinski definition) is 0. The molecule has 0 aromatic rings. The standard InChI is InChI=1S/C14H18O5/c1-7(2)14(16)18-4-3-17-13-9-5-10(15)8-6-11(13)19-12(8)9/h8-9,11-13H,1,3-6H2,2H3. The number of ether oxygens (including phenoxy) is 3. The van der Waals surface area contributed by atoms with Crippen LogP contribution in [0.3, 0.4) is 0 Å². The average Bonchev–Trinajstić information content (AvgIpc) is 2.97. The fourth-order valence-corrected chi connectivity index (χ4v) is 3.41. The maximum atomic E-state index is 11.7. The van der Waals surface area contributed by atoms with Gasteiger partial charge in [-0.1, -0.05) is 6.58 Å². The molecule has 5 nitrogen and oxygen atoms in total. The van der Waals surface area contributed by atoms with Gasteiger partial charge in [0, 0.05) is 23.8 Å². The van der Waals surface area contributed by atoms with Crippen molar-refractivity contribution in [1.29, 1.82) is 0 Å². The van der Waals surface area contributed by atoms with Crippen molar-refractivity contribution in [2.45, 2.75) is 38.1 Å². The Balaban J connectivity index is 1.46. The van der Waals surface area contributed by atoms with E-state index in [9.17, 15) is 9.59 Å². The predicted octanol–water partition coefficient (Wildman–Crippen LogP) is 0.867. The third kappa shape index (κ3) is 2.11. The molecule has 0 aromatic heterocycles. The molecule has 2 heterocycles. The summed E-state index contributed by atoms with van der Waals surface area (Å²) >= 11 is 0. The maximum absolute atomic E-state index is 11.7. The predicted molar refractivity (Wildman–Crippen MR) is 65.4 cm³/mol. The molecule has 5 unspecified atom stereocenters. The summed E-state index contributed by atoms with van der Waals surface area (Å²) in [6.45, 7) is 5.67. The Labute approximate surface area is 111 Å². The van der Waals surface area contributed by atoms with Crippen LogP contribution in [0.15, 0.2) is 12.2 Å². The molecule has 5 heteroatoms. The smallest absolute Gasteiger partial charge is 0.333 e. The van der Waals surface area contributed by atoms with Gasteiger partial charge in [0.25, 0.3) is 0 Å². The van der Waals surface area contributed by atoms with Gasteiger partial charge in [-0.05, 0) is 13.3 Å². The largest absolute Gasteiger partial charge is 0.460 e. The molecular formula is C14H18O5. The SMILES string of the molecule is C=C(C)C(=O)OCCOC1C2CC3C(=O)CC1C3O2.